The van der Waals surface area contributed by atoms with E-state index in [-0.39, 0.29) is 18.1 Å². The maximum absolute atomic E-state index is 12.5. The van der Waals surface area contributed by atoms with Gasteiger partial charge in [-0.05, 0) is 37.6 Å². The molecule has 11 nitrogen and oxygen atoms in total. The number of fused-ring (bicyclic) bond motifs is 1. The molecule has 3 aromatic rings. The van der Waals surface area contributed by atoms with Crippen LogP contribution in [0.25, 0.3) is 10.3 Å². The van der Waals surface area contributed by atoms with Crippen LogP contribution in [0.15, 0.2) is 23.7 Å². The lowest BCUT2D eigenvalue weighted by Crippen LogP contribution is -2.53. The molecule has 33 heavy (non-hydrogen) atoms. The minimum absolute atomic E-state index is 0.0272. The second-order valence-electron chi connectivity index (χ2n) is 8.10. The van der Waals surface area contributed by atoms with Gasteiger partial charge in [0.2, 0.25) is 5.95 Å². The van der Waals surface area contributed by atoms with E-state index >= 15 is 0 Å². The fraction of sp³-hybridized carbons (Fsp3) is 0.429. The van der Waals surface area contributed by atoms with Crippen molar-refractivity contribution in [2.75, 3.05) is 48.8 Å². The summed E-state index contributed by atoms with van der Waals surface area (Å²) in [7, 11) is 0. The molecule has 0 aliphatic carbocycles. The van der Waals surface area contributed by atoms with Gasteiger partial charge in [0.1, 0.15) is 17.4 Å². The van der Waals surface area contributed by atoms with E-state index in [9.17, 15) is 4.79 Å². The fourth-order valence-corrected chi connectivity index (χ4v) is 4.52. The van der Waals surface area contributed by atoms with E-state index in [4.69, 9.17) is 20.0 Å². The largest absolute Gasteiger partial charge is 0.486 e. The molecule has 0 unspecified atom stereocenters. The van der Waals surface area contributed by atoms with Crippen molar-refractivity contribution >= 4 is 45.2 Å². The van der Waals surface area contributed by atoms with Crippen molar-refractivity contribution in [1.29, 1.82) is 0 Å². The van der Waals surface area contributed by atoms with Gasteiger partial charge in [0, 0.05) is 18.3 Å². The highest BCUT2D eigenvalue weighted by Crippen LogP contribution is 2.29. The molecule has 0 spiro atoms. The minimum Gasteiger partial charge on any atom is -0.486 e. The number of hydrogen-bond acceptors (Lipinski definition) is 11. The van der Waals surface area contributed by atoms with Crippen LogP contribution in [0.4, 0.5) is 22.2 Å². The highest BCUT2D eigenvalue weighted by atomic mass is 32.1. The third kappa shape index (κ3) is 4.63. The smallest absolute Gasteiger partial charge is 0.430 e. The van der Waals surface area contributed by atoms with E-state index in [1.54, 1.807) is 10.6 Å². The third-order valence-electron chi connectivity index (χ3n) is 5.62. The number of nitrogen functional groups attached to an aromatic ring is 1. The zero-order valence-corrected chi connectivity index (χ0v) is 19.2. The van der Waals surface area contributed by atoms with E-state index < -0.39 is 6.09 Å². The molecule has 2 aliphatic heterocycles. The average Bonchev–Trinajstić information content (AvgIpc) is 3.20. The monoisotopic (exact) mass is 471 g/mol. The Balaban J connectivity index is 1.18. The molecule has 2 aliphatic rings. The molecule has 12 heteroatoms. The topological polar surface area (TPSA) is 128 Å². The van der Waals surface area contributed by atoms with Crippen LogP contribution in [0.3, 0.4) is 0 Å². The number of aromatic nitrogens is 3. The molecule has 3 N–H and O–H groups in total. The lowest BCUT2D eigenvalue weighted by molar-refractivity contribution is -0.103. The van der Waals surface area contributed by atoms with Crippen LogP contribution in [0.1, 0.15) is 12.5 Å². The maximum Gasteiger partial charge on any atom is 0.430 e. The maximum atomic E-state index is 12.5. The second-order valence-corrected chi connectivity index (χ2v) is 8.93. The Labute approximate surface area is 194 Å². The number of rotatable bonds is 5. The number of anilines is 3. The number of amides is 1. The van der Waals surface area contributed by atoms with Gasteiger partial charge in [-0.3, -0.25) is 5.32 Å². The van der Waals surface area contributed by atoms with Crippen molar-refractivity contribution in [3.05, 3.63) is 29.3 Å². The molecule has 1 amide bonds. The predicted molar refractivity (Wildman–Crippen MR) is 125 cm³/mol. The number of benzene rings is 1. The number of piperazine rings is 1. The zero-order valence-electron chi connectivity index (χ0n) is 18.4. The number of thiazole rings is 1. The summed E-state index contributed by atoms with van der Waals surface area (Å²) in [6.07, 6.45) is -0.438. The highest BCUT2D eigenvalue weighted by Gasteiger charge is 2.29. The summed E-state index contributed by atoms with van der Waals surface area (Å²) < 4.78 is 10.9. The Morgan fingerprint density at radius 2 is 2.15 bits per heavy atom. The van der Waals surface area contributed by atoms with Crippen molar-refractivity contribution < 1.29 is 19.1 Å². The van der Waals surface area contributed by atoms with Crippen LogP contribution in [0.5, 0.6) is 5.75 Å². The Morgan fingerprint density at radius 3 is 2.88 bits per heavy atom. The number of nitrogens with one attached hydrogen (secondary N) is 1. The molecule has 4 heterocycles. The number of carbonyl (C=O) groups is 1. The molecule has 0 saturated carbocycles. The summed E-state index contributed by atoms with van der Waals surface area (Å²) in [6, 6.07) is 5.56. The van der Waals surface area contributed by atoms with Crippen LogP contribution in [-0.4, -0.2) is 71.1 Å². The van der Waals surface area contributed by atoms with Gasteiger partial charge in [-0.2, -0.15) is 4.98 Å². The molecule has 0 bridgehead atoms. The van der Waals surface area contributed by atoms with E-state index in [0.29, 0.717) is 44.4 Å². The van der Waals surface area contributed by atoms with Gasteiger partial charge in [-0.25, -0.2) is 14.8 Å². The number of ether oxygens (including phenoxy) is 2. The van der Waals surface area contributed by atoms with E-state index in [0.717, 1.165) is 21.7 Å². The Bertz CT molecular complexity index is 1170. The van der Waals surface area contributed by atoms with Gasteiger partial charge in [-0.1, -0.05) is 0 Å². The molecule has 0 radical (unpaired) electrons. The van der Waals surface area contributed by atoms with Gasteiger partial charge in [0.25, 0.3) is 0 Å². The van der Waals surface area contributed by atoms with Crippen molar-refractivity contribution in [1.82, 2.24) is 20.0 Å². The normalized spacial score (nSPS) is 19.3. The summed E-state index contributed by atoms with van der Waals surface area (Å²) in [6.45, 7) is 6.80. The first-order valence-electron chi connectivity index (χ1n) is 10.7. The molecule has 2 fully saturated rings. The van der Waals surface area contributed by atoms with Gasteiger partial charge in [0.05, 0.1) is 31.8 Å². The molecule has 174 valence electrons. The minimum atomic E-state index is -0.534. The van der Waals surface area contributed by atoms with Crippen LogP contribution in [-0.2, 0) is 9.57 Å². The van der Waals surface area contributed by atoms with Crippen molar-refractivity contribution in [2.24, 2.45) is 0 Å². The highest BCUT2D eigenvalue weighted by molar-refractivity contribution is 7.16. The second kappa shape index (κ2) is 8.96. The lowest BCUT2D eigenvalue weighted by Gasteiger charge is -2.39. The van der Waals surface area contributed by atoms with Crippen molar-refractivity contribution in [3.8, 4) is 5.75 Å². The first kappa shape index (κ1) is 21.6. The zero-order chi connectivity index (χ0) is 22.9. The third-order valence-corrected chi connectivity index (χ3v) is 6.33. The summed E-state index contributed by atoms with van der Waals surface area (Å²) in [4.78, 5) is 34.0. The molecular weight excluding hydrogens is 446 g/mol. The summed E-state index contributed by atoms with van der Waals surface area (Å²) in [5, 5.41) is 4.46. The first-order valence-corrected chi connectivity index (χ1v) is 11.6. The quantitative estimate of drug-likeness (QED) is 0.572. The van der Waals surface area contributed by atoms with E-state index in [1.807, 2.05) is 32.0 Å². The van der Waals surface area contributed by atoms with E-state index in [1.165, 1.54) is 11.3 Å². The number of hydroxylamine groups is 2. The van der Waals surface area contributed by atoms with Crippen LogP contribution in [0.2, 0.25) is 0 Å². The first-order chi connectivity index (χ1) is 16.0. The predicted octanol–water partition coefficient (Wildman–Crippen LogP) is 2.43. The number of aryl methyl sites for hydroxylation is 1. The van der Waals surface area contributed by atoms with Crippen LogP contribution < -0.4 is 20.7 Å². The van der Waals surface area contributed by atoms with Gasteiger partial charge in [-0.15, -0.1) is 16.4 Å². The molecule has 2 saturated heterocycles. The summed E-state index contributed by atoms with van der Waals surface area (Å²) >= 11 is 1.43. The van der Waals surface area contributed by atoms with Gasteiger partial charge >= 0.3 is 6.09 Å². The van der Waals surface area contributed by atoms with E-state index in [2.05, 4.69) is 25.2 Å². The molecule has 2 aromatic heterocycles. The standard InChI is InChI=1S/C21H25N7O4S/c1-12-7-14(31-15-9-30-10-15)3-4-16(12)24-21(29)32-27-5-6-28(13(2)8-27)18-17-19(33-11-23-17)26-20(22)25-18/h3-4,7,11,13,15H,5-6,8-10H2,1-2H3,(H,24,29)(H2,22,25,26)/t13-/m0/s1. The Kier molecular flexibility index (Phi) is 5.87. The Hall–Kier alpha value is -3.22. The van der Waals surface area contributed by atoms with Crippen molar-refractivity contribution in [3.63, 3.8) is 0 Å². The van der Waals surface area contributed by atoms with Crippen molar-refractivity contribution in [2.45, 2.75) is 26.0 Å². The molecular formula is C21H25N7O4S. The van der Waals surface area contributed by atoms with Crippen LogP contribution >= 0.6 is 11.3 Å². The fourth-order valence-electron chi connectivity index (χ4n) is 3.86. The van der Waals surface area contributed by atoms with Crippen LogP contribution in [0, 0.1) is 6.92 Å². The molecule has 5 rings (SSSR count). The number of carbonyl (C=O) groups excluding carboxylic acids is 1. The van der Waals surface area contributed by atoms with Gasteiger partial charge < -0.3 is 24.9 Å². The average molecular weight is 472 g/mol. The molecule has 1 atom stereocenters. The number of nitrogens with two attached hydrogens (primary N) is 1. The van der Waals surface area contributed by atoms with Gasteiger partial charge in [0.15, 0.2) is 10.6 Å². The number of nitrogens with zero attached hydrogens (tertiary/aromatic N) is 5. The number of hydrogen-bond donors (Lipinski definition) is 2. The lowest BCUT2D eigenvalue weighted by atomic mass is 10.2. The molecule has 1 aromatic carbocycles. The summed E-state index contributed by atoms with van der Waals surface area (Å²) in [5.41, 5.74) is 9.92. The summed E-state index contributed by atoms with van der Waals surface area (Å²) in [5.74, 6) is 1.69. The SMILES string of the molecule is Cc1cc(OC2COC2)ccc1NC(=O)ON1CCN(c2nc(N)nc3scnc23)[C@@H](C)C1. The Morgan fingerprint density at radius 1 is 1.30 bits per heavy atom.